The van der Waals surface area contributed by atoms with Crippen LogP contribution in [0.1, 0.15) is 44.1 Å². The number of thiophene rings is 1. The van der Waals surface area contributed by atoms with Gasteiger partial charge in [0.15, 0.2) is 0 Å². The van der Waals surface area contributed by atoms with Gasteiger partial charge in [-0.05, 0) is 67.5 Å². The minimum absolute atomic E-state index is 0.119. The number of carbonyl (C=O) groups excluding carboxylic acids is 2. The van der Waals surface area contributed by atoms with E-state index in [9.17, 15) is 9.59 Å². The predicted octanol–water partition coefficient (Wildman–Crippen LogP) is 2.82. The monoisotopic (exact) mass is 389 g/mol. The molecule has 0 radical (unpaired) electrons. The van der Waals surface area contributed by atoms with Gasteiger partial charge < -0.3 is 9.80 Å². The third-order valence-corrected chi connectivity index (χ3v) is 7.13. The van der Waals surface area contributed by atoms with Crippen LogP contribution in [-0.2, 0) is 16.1 Å². The fraction of sp³-hybridized carbons (Fsp3) is 0.714. The summed E-state index contributed by atoms with van der Waals surface area (Å²) in [7, 11) is 1.93. The Labute approximate surface area is 166 Å². The molecular formula is C21H31N3O2S. The van der Waals surface area contributed by atoms with Crippen LogP contribution in [0.25, 0.3) is 0 Å². The van der Waals surface area contributed by atoms with E-state index in [1.807, 2.05) is 11.9 Å². The molecule has 1 aromatic heterocycles. The number of carbonyl (C=O) groups is 2. The Morgan fingerprint density at radius 1 is 1.11 bits per heavy atom. The maximum absolute atomic E-state index is 12.9. The van der Waals surface area contributed by atoms with Gasteiger partial charge in [0.25, 0.3) is 0 Å². The van der Waals surface area contributed by atoms with Gasteiger partial charge in [-0.2, -0.15) is 11.3 Å². The first-order valence-electron chi connectivity index (χ1n) is 10.4. The summed E-state index contributed by atoms with van der Waals surface area (Å²) in [4.78, 5) is 31.7. The molecule has 27 heavy (non-hydrogen) atoms. The molecule has 0 N–H and O–H groups in total. The van der Waals surface area contributed by atoms with E-state index in [0.717, 1.165) is 64.7 Å². The zero-order valence-corrected chi connectivity index (χ0v) is 17.1. The topological polar surface area (TPSA) is 43.9 Å². The summed E-state index contributed by atoms with van der Waals surface area (Å²) >= 11 is 1.68. The SMILES string of the molecule is CN(Cc1ccsc1)C(=O)[C@@H]1CCCN(C2CCN(C(=O)C3CC3)CC2)C1. The molecule has 5 nitrogen and oxygen atoms in total. The Kier molecular flexibility index (Phi) is 5.83. The summed E-state index contributed by atoms with van der Waals surface area (Å²) in [5.41, 5.74) is 1.22. The first-order chi connectivity index (χ1) is 13.1. The van der Waals surface area contributed by atoms with Gasteiger partial charge in [-0.3, -0.25) is 14.5 Å². The van der Waals surface area contributed by atoms with Crippen molar-refractivity contribution in [1.29, 1.82) is 0 Å². The Morgan fingerprint density at radius 2 is 1.89 bits per heavy atom. The van der Waals surface area contributed by atoms with E-state index in [2.05, 4.69) is 26.6 Å². The molecule has 0 spiro atoms. The molecule has 1 aliphatic carbocycles. The van der Waals surface area contributed by atoms with E-state index in [0.29, 0.717) is 24.4 Å². The second-order valence-corrected chi connectivity index (χ2v) is 9.27. The summed E-state index contributed by atoms with van der Waals surface area (Å²) in [6.45, 7) is 4.48. The Bertz CT molecular complexity index is 650. The summed E-state index contributed by atoms with van der Waals surface area (Å²) in [5, 5.41) is 4.18. The second kappa shape index (κ2) is 8.31. The average molecular weight is 390 g/mol. The molecule has 148 valence electrons. The Hall–Kier alpha value is -1.40. The number of hydrogen-bond donors (Lipinski definition) is 0. The van der Waals surface area contributed by atoms with Crippen molar-refractivity contribution >= 4 is 23.2 Å². The van der Waals surface area contributed by atoms with Crippen LogP contribution < -0.4 is 0 Å². The zero-order valence-electron chi connectivity index (χ0n) is 16.3. The van der Waals surface area contributed by atoms with Crippen molar-refractivity contribution in [3.05, 3.63) is 22.4 Å². The molecule has 1 saturated carbocycles. The molecule has 2 amide bonds. The third kappa shape index (κ3) is 4.54. The molecule has 1 aromatic rings. The van der Waals surface area contributed by atoms with Crippen molar-refractivity contribution in [2.45, 2.75) is 51.1 Å². The molecule has 0 unspecified atom stereocenters. The first-order valence-corrected chi connectivity index (χ1v) is 11.3. The molecule has 3 fully saturated rings. The van der Waals surface area contributed by atoms with Crippen molar-refractivity contribution in [2.75, 3.05) is 33.2 Å². The van der Waals surface area contributed by atoms with Crippen LogP contribution in [0.5, 0.6) is 0 Å². The number of likely N-dealkylation sites (tertiary alicyclic amines) is 2. The molecule has 2 saturated heterocycles. The number of amides is 2. The smallest absolute Gasteiger partial charge is 0.227 e. The lowest BCUT2D eigenvalue weighted by Gasteiger charge is -2.42. The fourth-order valence-electron chi connectivity index (χ4n) is 4.63. The highest BCUT2D eigenvalue weighted by molar-refractivity contribution is 7.07. The Balaban J connectivity index is 1.27. The lowest BCUT2D eigenvalue weighted by molar-refractivity contribution is -0.137. The standard InChI is InChI=1S/C21H31N3O2S/c1-22(13-16-8-12-27-15-16)20(25)18-3-2-9-24(14-18)19-6-10-23(11-7-19)21(26)17-4-5-17/h8,12,15,17-19H,2-7,9-11,13-14H2,1H3/t18-/m1/s1. The number of nitrogens with zero attached hydrogens (tertiary/aromatic N) is 3. The molecule has 3 aliphatic rings. The van der Waals surface area contributed by atoms with Crippen LogP contribution in [0.2, 0.25) is 0 Å². The van der Waals surface area contributed by atoms with Crippen molar-refractivity contribution in [2.24, 2.45) is 11.8 Å². The van der Waals surface area contributed by atoms with E-state index >= 15 is 0 Å². The van der Waals surface area contributed by atoms with Crippen LogP contribution in [-0.4, -0.2) is 65.8 Å². The van der Waals surface area contributed by atoms with Gasteiger partial charge in [-0.1, -0.05) is 0 Å². The quantitative estimate of drug-likeness (QED) is 0.778. The highest BCUT2D eigenvalue weighted by Crippen LogP contribution is 2.33. The number of piperidine rings is 2. The predicted molar refractivity (Wildman–Crippen MR) is 107 cm³/mol. The van der Waals surface area contributed by atoms with Crippen molar-refractivity contribution in [3.8, 4) is 0 Å². The van der Waals surface area contributed by atoms with E-state index in [4.69, 9.17) is 0 Å². The van der Waals surface area contributed by atoms with Crippen LogP contribution in [0.15, 0.2) is 16.8 Å². The molecule has 0 aromatic carbocycles. The third-order valence-electron chi connectivity index (χ3n) is 6.40. The number of rotatable bonds is 5. The molecule has 2 aliphatic heterocycles. The highest BCUT2D eigenvalue weighted by Gasteiger charge is 2.37. The van der Waals surface area contributed by atoms with E-state index < -0.39 is 0 Å². The van der Waals surface area contributed by atoms with Crippen LogP contribution in [0.3, 0.4) is 0 Å². The van der Waals surface area contributed by atoms with Crippen molar-refractivity contribution in [1.82, 2.24) is 14.7 Å². The van der Waals surface area contributed by atoms with Crippen molar-refractivity contribution < 1.29 is 9.59 Å². The van der Waals surface area contributed by atoms with Gasteiger partial charge in [0.05, 0.1) is 5.92 Å². The van der Waals surface area contributed by atoms with Gasteiger partial charge >= 0.3 is 0 Å². The van der Waals surface area contributed by atoms with Crippen LogP contribution in [0.4, 0.5) is 0 Å². The molecule has 3 heterocycles. The second-order valence-electron chi connectivity index (χ2n) is 8.49. The highest BCUT2D eigenvalue weighted by atomic mass is 32.1. The van der Waals surface area contributed by atoms with Gasteiger partial charge in [0.1, 0.15) is 0 Å². The molecule has 6 heteroatoms. The minimum atomic E-state index is 0.119. The summed E-state index contributed by atoms with van der Waals surface area (Å²) in [5.74, 6) is 1.12. The lowest BCUT2D eigenvalue weighted by atomic mass is 9.92. The zero-order chi connectivity index (χ0) is 18.8. The summed E-state index contributed by atoms with van der Waals surface area (Å²) < 4.78 is 0. The van der Waals surface area contributed by atoms with Gasteiger partial charge in [0.2, 0.25) is 11.8 Å². The van der Waals surface area contributed by atoms with Crippen LogP contribution in [0, 0.1) is 11.8 Å². The molecule has 1 atom stereocenters. The van der Waals surface area contributed by atoms with E-state index in [-0.39, 0.29) is 11.8 Å². The minimum Gasteiger partial charge on any atom is -0.342 e. The fourth-order valence-corrected chi connectivity index (χ4v) is 5.29. The molecule has 0 bridgehead atoms. The number of hydrogen-bond acceptors (Lipinski definition) is 4. The average Bonchev–Trinajstić information content (AvgIpc) is 3.44. The molecule has 4 rings (SSSR count). The van der Waals surface area contributed by atoms with E-state index in [1.54, 1.807) is 11.3 Å². The normalized spacial score (nSPS) is 24.8. The lowest BCUT2D eigenvalue weighted by Crippen LogP contribution is -2.51. The van der Waals surface area contributed by atoms with Gasteiger partial charge in [-0.15, -0.1) is 0 Å². The van der Waals surface area contributed by atoms with Crippen molar-refractivity contribution in [3.63, 3.8) is 0 Å². The largest absolute Gasteiger partial charge is 0.342 e. The summed E-state index contributed by atoms with van der Waals surface area (Å²) in [6, 6.07) is 2.63. The maximum Gasteiger partial charge on any atom is 0.227 e. The van der Waals surface area contributed by atoms with E-state index in [1.165, 1.54) is 5.56 Å². The first kappa shape index (κ1) is 18.9. The maximum atomic E-state index is 12.9. The Morgan fingerprint density at radius 3 is 2.56 bits per heavy atom. The molecular weight excluding hydrogens is 358 g/mol. The van der Waals surface area contributed by atoms with Crippen LogP contribution >= 0.6 is 11.3 Å². The summed E-state index contributed by atoms with van der Waals surface area (Å²) in [6.07, 6.45) is 6.40. The van der Waals surface area contributed by atoms with Gasteiger partial charge in [-0.25, -0.2) is 0 Å². The van der Waals surface area contributed by atoms with Gasteiger partial charge in [0, 0.05) is 45.2 Å².